The molecule has 0 spiro atoms. The Balaban J connectivity index is 0.00000169. The highest BCUT2D eigenvalue weighted by Crippen LogP contribution is 2.22. The Morgan fingerprint density at radius 3 is 2.65 bits per heavy atom. The molecule has 1 aromatic carbocycles. The second-order valence-electron chi connectivity index (χ2n) is 7.00. The summed E-state index contributed by atoms with van der Waals surface area (Å²) >= 11 is 0. The van der Waals surface area contributed by atoms with Gasteiger partial charge in [-0.15, -0.1) is 24.8 Å². The number of rotatable bonds is 6. The van der Waals surface area contributed by atoms with Gasteiger partial charge in [-0.2, -0.15) is 0 Å². The molecule has 2 heterocycles. The van der Waals surface area contributed by atoms with Crippen LogP contribution in [0.25, 0.3) is 0 Å². The molecule has 0 aromatic heterocycles. The molecule has 0 unspecified atom stereocenters. The van der Waals surface area contributed by atoms with Gasteiger partial charge >= 0.3 is 0 Å². The van der Waals surface area contributed by atoms with Gasteiger partial charge in [-0.05, 0) is 19.9 Å². The Morgan fingerprint density at radius 1 is 1.15 bits per heavy atom. The molecule has 1 N–H and O–H groups in total. The Hall–Kier alpha value is -0.560. The van der Waals surface area contributed by atoms with Crippen LogP contribution in [0.4, 0.5) is 0 Å². The Kier molecular flexibility index (Phi) is 10.8. The Labute approximate surface area is 170 Å². The molecular formula is C19H33Cl2N3O2. The molecular weight excluding hydrogens is 373 g/mol. The van der Waals surface area contributed by atoms with Gasteiger partial charge in [0.15, 0.2) is 0 Å². The van der Waals surface area contributed by atoms with Crippen LogP contribution < -0.4 is 10.1 Å². The molecule has 0 bridgehead atoms. The lowest BCUT2D eigenvalue weighted by Crippen LogP contribution is -2.53. The van der Waals surface area contributed by atoms with Crippen LogP contribution in [0.1, 0.15) is 19.4 Å². The monoisotopic (exact) mass is 405 g/mol. The van der Waals surface area contributed by atoms with Crippen LogP contribution in [0.15, 0.2) is 24.3 Å². The number of halogens is 2. The molecule has 2 aliphatic rings. The smallest absolute Gasteiger partial charge is 0.123 e. The first-order valence-corrected chi connectivity index (χ1v) is 9.20. The van der Waals surface area contributed by atoms with Crippen molar-refractivity contribution >= 4 is 24.8 Å². The number of ether oxygens (including phenoxy) is 2. The van der Waals surface area contributed by atoms with Crippen molar-refractivity contribution in [3.63, 3.8) is 0 Å². The summed E-state index contributed by atoms with van der Waals surface area (Å²) in [5.74, 6) is 1.03. The third-order valence-electron chi connectivity index (χ3n) is 5.01. The summed E-state index contributed by atoms with van der Waals surface area (Å²) in [6, 6.07) is 9.59. The van der Waals surface area contributed by atoms with Crippen molar-refractivity contribution in [2.24, 2.45) is 0 Å². The molecule has 0 radical (unpaired) electrons. The van der Waals surface area contributed by atoms with Gasteiger partial charge in [0.25, 0.3) is 0 Å². The van der Waals surface area contributed by atoms with Crippen LogP contribution in [-0.4, -0.2) is 74.4 Å². The van der Waals surface area contributed by atoms with E-state index in [1.165, 1.54) is 5.56 Å². The third kappa shape index (κ3) is 6.87. The van der Waals surface area contributed by atoms with Crippen LogP contribution in [0, 0.1) is 0 Å². The minimum atomic E-state index is 0. The zero-order valence-electron chi connectivity index (χ0n) is 15.9. The van der Waals surface area contributed by atoms with E-state index < -0.39 is 0 Å². The van der Waals surface area contributed by atoms with E-state index >= 15 is 0 Å². The van der Waals surface area contributed by atoms with E-state index in [9.17, 15) is 0 Å². The van der Waals surface area contributed by atoms with E-state index in [2.05, 4.69) is 53.2 Å². The van der Waals surface area contributed by atoms with Gasteiger partial charge in [0.2, 0.25) is 0 Å². The molecule has 2 aliphatic heterocycles. The van der Waals surface area contributed by atoms with Crippen LogP contribution in [0.5, 0.6) is 5.75 Å². The molecule has 26 heavy (non-hydrogen) atoms. The number of para-hydroxylation sites is 1. The average molecular weight is 406 g/mol. The number of morpholine rings is 1. The number of benzene rings is 1. The molecule has 0 aliphatic carbocycles. The Bertz CT molecular complexity index is 515. The van der Waals surface area contributed by atoms with Crippen molar-refractivity contribution in [2.45, 2.75) is 32.5 Å². The molecule has 0 amide bonds. The molecule has 3 rings (SSSR count). The fourth-order valence-corrected chi connectivity index (χ4v) is 3.42. The van der Waals surface area contributed by atoms with Gasteiger partial charge in [-0.1, -0.05) is 18.2 Å². The van der Waals surface area contributed by atoms with Crippen LogP contribution >= 0.6 is 24.8 Å². The number of hydrogen-bond acceptors (Lipinski definition) is 5. The predicted molar refractivity (Wildman–Crippen MR) is 111 cm³/mol. The second kappa shape index (κ2) is 12.0. The van der Waals surface area contributed by atoms with Gasteiger partial charge < -0.3 is 14.8 Å². The summed E-state index contributed by atoms with van der Waals surface area (Å²) in [7, 11) is 0. The van der Waals surface area contributed by atoms with E-state index in [-0.39, 0.29) is 24.8 Å². The minimum absolute atomic E-state index is 0. The lowest BCUT2D eigenvalue weighted by molar-refractivity contribution is 0.0321. The largest absolute Gasteiger partial charge is 0.492 e. The van der Waals surface area contributed by atoms with Gasteiger partial charge in [-0.25, -0.2) is 0 Å². The lowest BCUT2D eigenvalue weighted by Gasteiger charge is -2.37. The fraction of sp³-hybridized carbons (Fsp3) is 0.684. The number of piperazine rings is 1. The van der Waals surface area contributed by atoms with Crippen LogP contribution in [-0.2, 0) is 11.3 Å². The van der Waals surface area contributed by atoms with E-state index in [0.29, 0.717) is 12.1 Å². The Morgan fingerprint density at radius 2 is 1.88 bits per heavy atom. The number of nitrogens with zero attached hydrogens (tertiary/aromatic N) is 2. The van der Waals surface area contributed by atoms with Crippen molar-refractivity contribution in [3.05, 3.63) is 29.8 Å². The molecule has 0 saturated carbocycles. The summed E-state index contributed by atoms with van der Waals surface area (Å²) < 4.78 is 11.5. The predicted octanol–water partition coefficient (Wildman–Crippen LogP) is 2.42. The maximum atomic E-state index is 6.12. The summed E-state index contributed by atoms with van der Waals surface area (Å²) in [4.78, 5) is 4.96. The van der Waals surface area contributed by atoms with Gasteiger partial charge in [0.05, 0.1) is 13.2 Å². The maximum Gasteiger partial charge on any atom is 0.123 e. The fourth-order valence-electron chi connectivity index (χ4n) is 3.42. The average Bonchev–Trinajstić information content (AvgIpc) is 2.60. The SMILES string of the molecule is C[C@@H]1CN(Cc2ccccc2OCCN2CCOCC2)[C@@H](C)CN1.Cl.Cl. The quantitative estimate of drug-likeness (QED) is 0.786. The van der Waals surface area contributed by atoms with E-state index in [1.807, 2.05) is 0 Å². The molecule has 150 valence electrons. The van der Waals surface area contributed by atoms with Crippen molar-refractivity contribution in [2.75, 3.05) is 52.5 Å². The normalized spacial score (nSPS) is 24.4. The van der Waals surface area contributed by atoms with Crippen molar-refractivity contribution < 1.29 is 9.47 Å². The van der Waals surface area contributed by atoms with Crippen LogP contribution in [0.3, 0.4) is 0 Å². The summed E-state index contributed by atoms with van der Waals surface area (Å²) in [5, 5.41) is 3.54. The van der Waals surface area contributed by atoms with Gasteiger partial charge in [-0.3, -0.25) is 9.80 Å². The van der Waals surface area contributed by atoms with E-state index in [0.717, 1.165) is 64.8 Å². The number of hydrogen-bond donors (Lipinski definition) is 1. The molecule has 1 aromatic rings. The first kappa shape index (κ1) is 23.5. The first-order chi connectivity index (χ1) is 11.7. The van der Waals surface area contributed by atoms with Gasteiger partial charge in [0, 0.05) is 56.9 Å². The highest BCUT2D eigenvalue weighted by atomic mass is 35.5. The summed E-state index contributed by atoms with van der Waals surface area (Å²) in [5.41, 5.74) is 1.29. The summed E-state index contributed by atoms with van der Waals surface area (Å²) in [6.45, 7) is 13.1. The second-order valence-corrected chi connectivity index (χ2v) is 7.00. The first-order valence-electron chi connectivity index (χ1n) is 9.20. The number of nitrogens with one attached hydrogen (secondary N) is 1. The molecule has 5 nitrogen and oxygen atoms in total. The molecule has 2 fully saturated rings. The third-order valence-corrected chi connectivity index (χ3v) is 5.01. The lowest BCUT2D eigenvalue weighted by atomic mass is 10.1. The molecule has 7 heteroatoms. The van der Waals surface area contributed by atoms with Gasteiger partial charge in [0.1, 0.15) is 12.4 Å². The summed E-state index contributed by atoms with van der Waals surface area (Å²) in [6.07, 6.45) is 0. The molecule has 2 atom stereocenters. The van der Waals surface area contributed by atoms with E-state index in [1.54, 1.807) is 0 Å². The highest BCUT2D eigenvalue weighted by Gasteiger charge is 2.23. The highest BCUT2D eigenvalue weighted by molar-refractivity contribution is 5.85. The zero-order chi connectivity index (χ0) is 16.8. The zero-order valence-corrected chi connectivity index (χ0v) is 17.5. The van der Waals surface area contributed by atoms with Crippen molar-refractivity contribution in [1.29, 1.82) is 0 Å². The van der Waals surface area contributed by atoms with Crippen molar-refractivity contribution in [1.82, 2.24) is 15.1 Å². The topological polar surface area (TPSA) is 37.0 Å². The maximum absolute atomic E-state index is 6.12. The van der Waals surface area contributed by atoms with E-state index in [4.69, 9.17) is 9.47 Å². The minimum Gasteiger partial charge on any atom is -0.492 e. The standard InChI is InChI=1S/C19H31N3O2.2ClH/c1-16-14-22(17(2)13-20-16)15-18-5-3-4-6-19(18)24-12-9-21-7-10-23-11-8-21;;/h3-6,16-17,20H,7-15H2,1-2H3;2*1H/t16-,17+;;/m1../s1. The molecule has 2 saturated heterocycles. The van der Waals surface area contributed by atoms with Crippen LogP contribution in [0.2, 0.25) is 0 Å². The van der Waals surface area contributed by atoms with Crippen molar-refractivity contribution in [3.8, 4) is 5.75 Å².